The van der Waals surface area contributed by atoms with Crippen LogP contribution in [0.4, 0.5) is 4.79 Å². The van der Waals surface area contributed by atoms with Crippen molar-refractivity contribution in [2.45, 2.75) is 32.2 Å². The van der Waals surface area contributed by atoms with Gasteiger partial charge in [0.1, 0.15) is 0 Å². The summed E-state index contributed by atoms with van der Waals surface area (Å²) in [6, 6.07) is -0.693. The van der Waals surface area contributed by atoms with E-state index >= 15 is 0 Å². The maximum absolute atomic E-state index is 11.5. The molecule has 2 unspecified atom stereocenters. The van der Waals surface area contributed by atoms with Crippen molar-refractivity contribution in [3.63, 3.8) is 0 Å². The maximum atomic E-state index is 11.5. The van der Waals surface area contributed by atoms with Crippen molar-refractivity contribution < 1.29 is 19.5 Å². The number of hydrogen-bond donors (Lipinski definition) is 4. The summed E-state index contributed by atoms with van der Waals surface area (Å²) >= 11 is 0. The van der Waals surface area contributed by atoms with Crippen LogP contribution in [0.5, 0.6) is 0 Å². The topological polar surface area (TPSA) is 108 Å². The van der Waals surface area contributed by atoms with Gasteiger partial charge < -0.3 is 21.1 Å². The van der Waals surface area contributed by atoms with E-state index in [9.17, 15) is 14.4 Å². The van der Waals surface area contributed by atoms with Crippen molar-refractivity contribution in [2.24, 2.45) is 5.92 Å². The molecule has 0 saturated heterocycles. The Morgan fingerprint density at radius 3 is 2.44 bits per heavy atom. The molecule has 3 amide bonds. The summed E-state index contributed by atoms with van der Waals surface area (Å²) in [6.45, 7) is 2.07. The van der Waals surface area contributed by atoms with Gasteiger partial charge in [-0.2, -0.15) is 0 Å². The van der Waals surface area contributed by atoms with E-state index in [1.165, 1.54) is 6.92 Å². The Hall–Kier alpha value is -1.79. The maximum Gasteiger partial charge on any atom is 0.315 e. The standard InChI is InChI=1S/C11H19N3O4/c1-7(15)12-5-6-13-11(18)14-9-4-2-3-8(9)10(16)17/h8-9H,2-6H2,1H3,(H,12,15)(H,16,17)(H2,13,14,18). The molecule has 1 aliphatic rings. The molecule has 0 heterocycles. The minimum absolute atomic E-state index is 0.154. The number of carbonyl (C=O) groups is 3. The van der Waals surface area contributed by atoms with Gasteiger partial charge in [-0.15, -0.1) is 0 Å². The lowest BCUT2D eigenvalue weighted by molar-refractivity contribution is -0.142. The fourth-order valence-corrected chi connectivity index (χ4v) is 2.06. The normalized spacial score (nSPS) is 22.3. The number of aliphatic carboxylic acids is 1. The van der Waals surface area contributed by atoms with Gasteiger partial charge in [0, 0.05) is 26.1 Å². The van der Waals surface area contributed by atoms with E-state index in [0.717, 1.165) is 6.42 Å². The van der Waals surface area contributed by atoms with E-state index in [2.05, 4.69) is 16.0 Å². The number of carboxylic acid groups (broad SMARTS) is 1. The Balaban J connectivity index is 2.23. The van der Waals surface area contributed by atoms with Crippen molar-refractivity contribution >= 4 is 17.9 Å². The first kappa shape index (κ1) is 14.3. The zero-order chi connectivity index (χ0) is 13.5. The lowest BCUT2D eigenvalue weighted by Crippen LogP contribution is -2.46. The van der Waals surface area contributed by atoms with Gasteiger partial charge in [-0.3, -0.25) is 9.59 Å². The molecular weight excluding hydrogens is 238 g/mol. The fraction of sp³-hybridized carbons (Fsp3) is 0.727. The summed E-state index contributed by atoms with van der Waals surface area (Å²) < 4.78 is 0. The molecule has 7 nitrogen and oxygen atoms in total. The first-order valence-corrected chi connectivity index (χ1v) is 6.02. The van der Waals surface area contributed by atoms with Gasteiger partial charge in [0.05, 0.1) is 5.92 Å². The highest BCUT2D eigenvalue weighted by atomic mass is 16.4. The minimum atomic E-state index is -0.865. The van der Waals surface area contributed by atoms with E-state index in [4.69, 9.17) is 5.11 Å². The van der Waals surface area contributed by atoms with E-state index in [1.54, 1.807) is 0 Å². The van der Waals surface area contributed by atoms with Gasteiger partial charge in [-0.25, -0.2) is 4.79 Å². The lowest BCUT2D eigenvalue weighted by Gasteiger charge is -2.17. The molecule has 1 aliphatic carbocycles. The van der Waals surface area contributed by atoms with Crippen LogP contribution in [0.3, 0.4) is 0 Å². The van der Waals surface area contributed by atoms with Gasteiger partial charge in [-0.05, 0) is 12.8 Å². The molecule has 0 bridgehead atoms. The summed E-state index contributed by atoms with van der Waals surface area (Å²) in [4.78, 5) is 33.0. The fourth-order valence-electron chi connectivity index (χ4n) is 2.06. The summed E-state index contributed by atoms with van der Waals surface area (Å²) in [7, 11) is 0. The van der Waals surface area contributed by atoms with Gasteiger partial charge in [-0.1, -0.05) is 6.42 Å². The monoisotopic (exact) mass is 257 g/mol. The quantitative estimate of drug-likeness (QED) is 0.506. The zero-order valence-corrected chi connectivity index (χ0v) is 10.4. The van der Waals surface area contributed by atoms with Gasteiger partial charge >= 0.3 is 12.0 Å². The highest BCUT2D eigenvalue weighted by molar-refractivity contribution is 5.77. The van der Waals surface area contributed by atoms with E-state index in [0.29, 0.717) is 25.9 Å². The summed E-state index contributed by atoms with van der Waals surface area (Å²) in [5.74, 6) is -1.51. The SMILES string of the molecule is CC(=O)NCCNC(=O)NC1CCCC1C(=O)O. The molecule has 102 valence electrons. The third-order valence-corrected chi connectivity index (χ3v) is 2.93. The molecule has 2 atom stereocenters. The molecule has 7 heteroatoms. The Labute approximate surface area is 105 Å². The molecule has 0 aromatic heterocycles. The van der Waals surface area contributed by atoms with Crippen LogP contribution in [0, 0.1) is 5.92 Å². The van der Waals surface area contributed by atoms with Crippen LogP contribution < -0.4 is 16.0 Å². The van der Waals surface area contributed by atoms with Crippen LogP contribution in [-0.4, -0.2) is 42.1 Å². The van der Waals surface area contributed by atoms with Crippen LogP contribution in [-0.2, 0) is 9.59 Å². The molecule has 0 spiro atoms. The largest absolute Gasteiger partial charge is 0.481 e. The number of carboxylic acids is 1. The average molecular weight is 257 g/mol. The summed E-state index contributed by atoms with van der Waals surface area (Å²) in [5.41, 5.74) is 0. The molecule has 18 heavy (non-hydrogen) atoms. The van der Waals surface area contributed by atoms with Crippen LogP contribution in [0.1, 0.15) is 26.2 Å². The highest BCUT2D eigenvalue weighted by Gasteiger charge is 2.33. The smallest absolute Gasteiger partial charge is 0.315 e. The van der Waals surface area contributed by atoms with Gasteiger partial charge in [0.2, 0.25) is 5.91 Å². The number of rotatable bonds is 5. The Kier molecular flexibility index (Phi) is 5.41. The van der Waals surface area contributed by atoms with Crippen LogP contribution in [0.15, 0.2) is 0 Å². The predicted octanol–water partition coefficient (Wildman–Crippen LogP) is -0.325. The van der Waals surface area contributed by atoms with Crippen LogP contribution in [0.2, 0.25) is 0 Å². The lowest BCUT2D eigenvalue weighted by atomic mass is 10.0. The van der Waals surface area contributed by atoms with Gasteiger partial charge in [0.25, 0.3) is 0 Å². The Bertz CT molecular complexity index is 332. The first-order valence-electron chi connectivity index (χ1n) is 6.02. The first-order chi connectivity index (χ1) is 8.50. The van der Waals surface area contributed by atoms with Crippen molar-refractivity contribution in [1.82, 2.24) is 16.0 Å². The van der Waals surface area contributed by atoms with Crippen LogP contribution >= 0.6 is 0 Å². The third-order valence-electron chi connectivity index (χ3n) is 2.93. The van der Waals surface area contributed by atoms with Gasteiger partial charge in [0.15, 0.2) is 0 Å². The number of nitrogens with one attached hydrogen (secondary N) is 3. The van der Waals surface area contributed by atoms with E-state index in [-0.39, 0.29) is 11.9 Å². The number of hydrogen-bond acceptors (Lipinski definition) is 3. The van der Waals surface area contributed by atoms with Crippen molar-refractivity contribution in [1.29, 1.82) is 0 Å². The average Bonchev–Trinajstić information content (AvgIpc) is 2.72. The molecule has 0 radical (unpaired) electrons. The molecule has 1 rings (SSSR count). The number of carbonyl (C=O) groups excluding carboxylic acids is 2. The van der Waals surface area contributed by atoms with E-state index < -0.39 is 17.9 Å². The van der Waals surface area contributed by atoms with Crippen LogP contribution in [0.25, 0.3) is 0 Å². The second kappa shape index (κ2) is 6.83. The highest BCUT2D eigenvalue weighted by Crippen LogP contribution is 2.25. The summed E-state index contributed by atoms with van der Waals surface area (Å²) in [6.07, 6.45) is 2.11. The minimum Gasteiger partial charge on any atom is -0.481 e. The Morgan fingerprint density at radius 1 is 1.17 bits per heavy atom. The molecule has 0 aromatic carbocycles. The number of urea groups is 1. The second-order valence-electron chi connectivity index (χ2n) is 4.37. The third kappa shape index (κ3) is 4.60. The Morgan fingerprint density at radius 2 is 1.83 bits per heavy atom. The molecule has 0 aromatic rings. The molecule has 1 fully saturated rings. The molecule has 4 N–H and O–H groups in total. The van der Waals surface area contributed by atoms with Crippen molar-refractivity contribution in [3.05, 3.63) is 0 Å². The zero-order valence-electron chi connectivity index (χ0n) is 10.4. The van der Waals surface area contributed by atoms with E-state index in [1.807, 2.05) is 0 Å². The predicted molar refractivity (Wildman–Crippen MR) is 64.0 cm³/mol. The summed E-state index contributed by atoms with van der Waals surface area (Å²) in [5, 5.41) is 16.7. The van der Waals surface area contributed by atoms with Crippen molar-refractivity contribution in [3.8, 4) is 0 Å². The molecule has 0 aliphatic heterocycles. The number of amides is 3. The molecule has 1 saturated carbocycles. The molecular formula is C11H19N3O4. The van der Waals surface area contributed by atoms with Crippen molar-refractivity contribution in [2.75, 3.05) is 13.1 Å². The second-order valence-corrected chi connectivity index (χ2v) is 4.37.